The van der Waals surface area contributed by atoms with Crippen LogP contribution >= 0.6 is 15.9 Å². The van der Waals surface area contributed by atoms with Crippen molar-refractivity contribution < 1.29 is 13.2 Å². The van der Waals surface area contributed by atoms with Crippen LogP contribution in [0.5, 0.6) is 0 Å². The highest BCUT2D eigenvalue weighted by molar-refractivity contribution is 9.10. The van der Waals surface area contributed by atoms with Gasteiger partial charge in [-0.15, -0.1) is 0 Å². The number of nitrogens with one attached hydrogen (secondary N) is 1. The average molecular weight is 522 g/mol. The lowest BCUT2D eigenvalue weighted by Gasteiger charge is -2.34. The van der Waals surface area contributed by atoms with Crippen LogP contribution in [0.15, 0.2) is 45.8 Å². The molecule has 7 heteroatoms. The number of benzene rings is 2. The Hall–Kier alpha value is -1.70. The fraction of sp³-hybridized carbons (Fsp3) is 0.480. The van der Waals surface area contributed by atoms with Crippen LogP contribution in [0.3, 0.4) is 0 Å². The summed E-state index contributed by atoms with van der Waals surface area (Å²) < 4.78 is 30.1. The second kappa shape index (κ2) is 10.5. The molecule has 1 fully saturated rings. The van der Waals surface area contributed by atoms with Crippen LogP contribution in [0.2, 0.25) is 0 Å². The molecule has 0 heterocycles. The Morgan fingerprint density at radius 1 is 1.06 bits per heavy atom. The third-order valence-electron chi connectivity index (χ3n) is 6.20. The fourth-order valence-electron chi connectivity index (χ4n) is 4.73. The SMILES string of the molecule is Cc1cc(C)c(S(=O)(=O)N(CC(=O)N[C@@H](C)c2ccc(Br)cc2)C2CCCCC2)c(C)c1. The van der Waals surface area contributed by atoms with Crippen molar-refractivity contribution >= 4 is 31.9 Å². The van der Waals surface area contributed by atoms with E-state index in [1.54, 1.807) is 0 Å². The molecule has 0 spiro atoms. The Labute approximate surface area is 200 Å². The summed E-state index contributed by atoms with van der Waals surface area (Å²) in [5.41, 5.74) is 3.46. The second-order valence-electron chi connectivity index (χ2n) is 8.91. The van der Waals surface area contributed by atoms with Crippen LogP contribution in [0.1, 0.15) is 67.3 Å². The first-order valence-corrected chi connectivity index (χ1v) is 13.5. The molecule has 174 valence electrons. The van der Waals surface area contributed by atoms with E-state index in [4.69, 9.17) is 0 Å². The maximum absolute atomic E-state index is 13.9. The van der Waals surface area contributed by atoms with Gasteiger partial charge < -0.3 is 5.32 Å². The average Bonchev–Trinajstić information content (AvgIpc) is 2.72. The molecule has 0 saturated heterocycles. The summed E-state index contributed by atoms with van der Waals surface area (Å²) in [6, 6.07) is 11.2. The third kappa shape index (κ3) is 5.80. The lowest BCUT2D eigenvalue weighted by Crippen LogP contribution is -2.47. The van der Waals surface area contributed by atoms with Gasteiger partial charge in [-0.1, -0.05) is 65.0 Å². The van der Waals surface area contributed by atoms with Crippen LogP contribution in [0.25, 0.3) is 0 Å². The quantitative estimate of drug-likeness (QED) is 0.518. The first kappa shape index (κ1) is 24.9. The summed E-state index contributed by atoms with van der Waals surface area (Å²) in [5, 5.41) is 2.99. The third-order valence-corrected chi connectivity index (χ3v) is 8.93. The van der Waals surface area contributed by atoms with Gasteiger partial charge in [-0.2, -0.15) is 4.31 Å². The number of nitrogens with zero attached hydrogens (tertiary/aromatic N) is 1. The molecule has 2 aromatic rings. The van der Waals surface area contributed by atoms with Gasteiger partial charge in [-0.25, -0.2) is 8.42 Å². The van der Waals surface area contributed by atoms with E-state index in [-0.39, 0.29) is 24.5 Å². The number of hydrogen-bond donors (Lipinski definition) is 1. The van der Waals surface area contributed by atoms with Gasteiger partial charge in [0.2, 0.25) is 15.9 Å². The number of sulfonamides is 1. The van der Waals surface area contributed by atoms with Crippen LogP contribution in [0.4, 0.5) is 0 Å². The highest BCUT2D eigenvalue weighted by atomic mass is 79.9. The number of rotatable bonds is 7. The van der Waals surface area contributed by atoms with E-state index < -0.39 is 10.0 Å². The molecule has 1 aliphatic rings. The zero-order valence-corrected chi connectivity index (χ0v) is 21.7. The molecule has 1 aliphatic carbocycles. The molecule has 5 nitrogen and oxygen atoms in total. The van der Waals surface area contributed by atoms with Crippen LogP contribution < -0.4 is 5.32 Å². The van der Waals surface area contributed by atoms with E-state index in [1.807, 2.05) is 64.1 Å². The number of aryl methyl sites for hydroxylation is 3. The molecule has 0 unspecified atom stereocenters. The van der Waals surface area contributed by atoms with Gasteiger partial charge in [-0.3, -0.25) is 4.79 Å². The van der Waals surface area contributed by atoms with Gasteiger partial charge in [0, 0.05) is 10.5 Å². The van der Waals surface area contributed by atoms with E-state index in [2.05, 4.69) is 21.2 Å². The Morgan fingerprint density at radius 2 is 1.62 bits per heavy atom. The number of carbonyl (C=O) groups is 1. The summed E-state index contributed by atoms with van der Waals surface area (Å²) in [6.45, 7) is 7.38. The molecular formula is C25H33BrN2O3S. The Kier molecular flexibility index (Phi) is 8.17. The monoisotopic (exact) mass is 520 g/mol. The minimum absolute atomic E-state index is 0.150. The molecule has 1 atom stereocenters. The molecule has 0 aromatic heterocycles. The summed E-state index contributed by atoms with van der Waals surface area (Å²) in [5.74, 6) is -0.281. The lowest BCUT2D eigenvalue weighted by molar-refractivity contribution is -0.122. The number of hydrogen-bond acceptors (Lipinski definition) is 3. The predicted molar refractivity (Wildman–Crippen MR) is 132 cm³/mol. The zero-order chi connectivity index (χ0) is 23.5. The molecule has 1 saturated carbocycles. The smallest absolute Gasteiger partial charge is 0.244 e. The Morgan fingerprint density at radius 3 is 2.19 bits per heavy atom. The normalized spacial score (nSPS) is 16.2. The molecule has 0 bridgehead atoms. The highest BCUT2D eigenvalue weighted by Crippen LogP contribution is 2.31. The van der Waals surface area contributed by atoms with Gasteiger partial charge in [0.15, 0.2) is 0 Å². The summed E-state index contributed by atoms with van der Waals surface area (Å²) in [6.07, 6.45) is 4.66. The van der Waals surface area contributed by atoms with E-state index in [1.165, 1.54) is 4.31 Å². The maximum atomic E-state index is 13.9. The van der Waals surface area contributed by atoms with Crippen molar-refractivity contribution in [3.63, 3.8) is 0 Å². The number of amides is 1. The Balaban J connectivity index is 1.87. The minimum atomic E-state index is -3.81. The van der Waals surface area contributed by atoms with Crippen molar-refractivity contribution in [3.05, 3.63) is 63.1 Å². The van der Waals surface area contributed by atoms with Gasteiger partial charge in [-0.05, 0) is 69.4 Å². The second-order valence-corrected chi connectivity index (χ2v) is 11.7. The lowest BCUT2D eigenvalue weighted by atomic mass is 9.95. The molecule has 1 N–H and O–H groups in total. The van der Waals surface area contributed by atoms with Crippen molar-refractivity contribution in [2.45, 2.75) is 76.8 Å². The minimum Gasteiger partial charge on any atom is -0.348 e. The Bertz CT molecular complexity index is 1040. The first-order valence-electron chi connectivity index (χ1n) is 11.2. The standard InChI is InChI=1S/C25H33BrN2O3S/c1-17-14-18(2)25(19(3)15-17)32(30,31)28(23-8-6-5-7-9-23)16-24(29)27-20(4)21-10-12-22(26)13-11-21/h10-15,20,23H,5-9,16H2,1-4H3,(H,27,29)/t20-/m0/s1. The number of carbonyl (C=O) groups excluding carboxylic acids is 1. The molecule has 0 aliphatic heterocycles. The van der Waals surface area contributed by atoms with Crippen molar-refractivity contribution in [2.75, 3.05) is 6.54 Å². The predicted octanol–water partition coefficient (Wildman–Crippen LogP) is 5.58. The number of halogens is 1. The van der Waals surface area contributed by atoms with Crippen LogP contribution in [-0.2, 0) is 14.8 Å². The van der Waals surface area contributed by atoms with E-state index in [0.717, 1.165) is 58.8 Å². The zero-order valence-electron chi connectivity index (χ0n) is 19.3. The van der Waals surface area contributed by atoms with Crippen molar-refractivity contribution in [1.29, 1.82) is 0 Å². The molecule has 0 radical (unpaired) electrons. The maximum Gasteiger partial charge on any atom is 0.244 e. The summed E-state index contributed by atoms with van der Waals surface area (Å²) >= 11 is 3.42. The van der Waals surface area contributed by atoms with Gasteiger partial charge >= 0.3 is 0 Å². The molecule has 1 amide bonds. The van der Waals surface area contributed by atoms with Crippen molar-refractivity contribution in [3.8, 4) is 0 Å². The topological polar surface area (TPSA) is 66.5 Å². The fourth-order valence-corrected chi connectivity index (χ4v) is 7.05. The van der Waals surface area contributed by atoms with Crippen molar-refractivity contribution in [1.82, 2.24) is 9.62 Å². The van der Waals surface area contributed by atoms with E-state index >= 15 is 0 Å². The van der Waals surface area contributed by atoms with E-state index in [9.17, 15) is 13.2 Å². The van der Waals surface area contributed by atoms with Gasteiger partial charge in [0.25, 0.3) is 0 Å². The van der Waals surface area contributed by atoms with E-state index in [0.29, 0.717) is 4.90 Å². The van der Waals surface area contributed by atoms with Crippen LogP contribution in [-0.4, -0.2) is 31.2 Å². The first-order chi connectivity index (χ1) is 15.1. The van der Waals surface area contributed by atoms with Gasteiger partial charge in [0.1, 0.15) is 0 Å². The summed E-state index contributed by atoms with van der Waals surface area (Å²) in [4.78, 5) is 13.4. The molecule has 3 rings (SSSR count). The van der Waals surface area contributed by atoms with Gasteiger partial charge in [0.05, 0.1) is 17.5 Å². The van der Waals surface area contributed by atoms with Crippen molar-refractivity contribution in [2.24, 2.45) is 0 Å². The molecule has 2 aromatic carbocycles. The molecule has 32 heavy (non-hydrogen) atoms. The van der Waals surface area contributed by atoms with Crippen LogP contribution in [0, 0.1) is 20.8 Å². The molecular weight excluding hydrogens is 488 g/mol. The largest absolute Gasteiger partial charge is 0.348 e. The summed E-state index contributed by atoms with van der Waals surface area (Å²) in [7, 11) is -3.81. The highest BCUT2D eigenvalue weighted by Gasteiger charge is 2.36.